The summed E-state index contributed by atoms with van der Waals surface area (Å²) in [5, 5.41) is -0.176. The summed E-state index contributed by atoms with van der Waals surface area (Å²) in [5.41, 5.74) is 0. The molecule has 0 atom stereocenters. The van der Waals surface area contributed by atoms with Gasteiger partial charge in [0.15, 0.2) is 9.84 Å². The van der Waals surface area contributed by atoms with Crippen LogP contribution in [0.4, 0.5) is 0 Å². The smallest absolute Gasteiger partial charge is 0.160 e. The van der Waals surface area contributed by atoms with E-state index in [-0.39, 0.29) is 11.0 Å². The first-order valence-electron chi connectivity index (χ1n) is 5.66. The summed E-state index contributed by atoms with van der Waals surface area (Å²) in [6.07, 6.45) is 7.98. The van der Waals surface area contributed by atoms with Gasteiger partial charge in [-0.25, -0.2) is 18.4 Å². The molecule has 0 aromatic carbocycles. The van der Waals surface area contributed by atoms with Gasteiger partial charge in [-0.05, 0) is 18.9 Å². The van der Waals surface area contributed by atoms with Gasteiger partial charge in [-0.3, -0.25) is 0 Å². The molecule has 1 saturated carbocycles. The van der Waals surface area contributed by atoms with E-state index in [0.717, 1.165) is 32.1 Å². The Morgan fingerprint density at radius 2 is 1.75 bits per heavy atom. The van der Waals surface area contributed by atoms with Crippen LogP contribution < -0.4 is 0 Å². The third-order valence-corrected chi connectivity index (χ3v) is 5.16. The van der Waals surface area contributed by atoms with Gasteiger partial charge in [0.2, 0.25) is 0 Å². The molecule has 0 unspecified atom stereocenters. The monoisotopic (exact) mass is 240 g/mol. The molecule has 0 aliphatic heterocycles. The molecule has 1 aliphatic carbocycles. The molecule has 1 aliphatic rings. The Labute approximate surface area is 96.0 Å². The summed E-state index contributed by atoms with van der Waals surface area (Å²) in [4.78, 5) is 7.94. The molecular weight excluding hydrogens is 224 g/mol. The van der Waals surface area contributed by atoms with Crippen LogP contribution in [0.15, 0.2) is 18.5 Å². The number of rotatable bonds is 3. The largest absolute Gasteiger partial charge is 0.240 e. The van der Waals surface area contributed by atoms with Crippen LogP contribution in [0.25, 0.3) is 0 Å². The molecule has 16 heavy (non-hydrogen) atoms. The van der Waals surface area contributed by atoms with Crippen molar-refractivity contribution in [2.45, 2.75) is 43.1 Å². The van der Waals surface area contributed by atoms with Crippen LogP contribution in [0.2, 0.25) is 0 Å². The van der Waals surface area contributed by atoms with E-state index in [1.807, 2.05) is 0 Å². The van der Waals surface area contributed by atoms with Gasteiger partial charge in [0.05, 0.1) is 5.25 Å². The first kappa shape index (κ1) is 11.5. The summed E-state index contributed by atoms with van der Waals surface area (Å²) in [6, 6.07) is 1.69. The Morgan fingerprint density at radius 3 is 2.38 bits per heavy atom. The minimum atomic E-state index is -3.06. The average molecular weight is 240 g/mol. The van der Waals surface area contributed by atoms with Gasteiger partial charge in [0.1, 0.15) is 11.6 Å². The van der Waals surface area contributed by atoms with Crippen LogP contribution >= 0.6 is 0 Å². The zero-order valence-electron chi connectivity index (χ0n) is 9.17. The second-order valence-corrected chi connectivity index (χ2v) is 6.51. The van der Waals surface area contributed by atoms with Gasteiger partial charge < -0.3 is 0 Å². The molecule has 5 heteroatoms. The van der Waals surface area contributed by atoms with E-state index in [1.165, 1.54) is 0 Å². The highest BCUT2D eigenvalue weighted by Crippen LogP contribution is 2.25. The lowest BCUT2D eigenvalue weighted by atomic mass is 10.0. The number of nitrogens with zero attached hydrogens (tertiary/aromatic N) is 2. The van der Waals surface area contributed by atoms with Crippen molar-refractivity contribution >= 4 is 9.84 Å². The van der Waals surface area contributed by atoms with Crippen LogP contribution in [0.1, 0.15) is 37.9 Å². The lowest BCUT2D eigenvalue weighted by Crippen LogP contribution is -2.25. The van der Waals surface area contributed by atoms with Crippen LogP contribution in [0, 0.1) is 0 Å². The normalized spacial score (nSPS) is 18.5. The van der Waals surface area contributed by atoms with Crippen molar-refractivity contribution in [2.75, 3.05) is 0 Å². The highest BCUT2D eigenvalue weighted by molar-refractivity contribution is 7.91. The molecule has 0 saturated heterocycles. The van der Waals surface area contributed by atoms with E-state index in [4.69, 9.17) is 0 Å². The predicted molar refractivity (Wildman–Crippen MR) is 61.5 cm³/mol. The molecule has 0 radical (unpaired) electrons. The molecule has 0 bridgehead atoms. The van der Waals surface area contributed by atoms with Crippen LogP contribution in [-0.2, 0) is 15.6 Å². The summed E-state index contributed by atoms with van der Waals surface area (Å²) >= 11 is 0. The molecule has 0 amide bonds. The summed E-state index contributed by atoms with van der Waals surface area (Å²) in [7, 11) is -3.06. The maximum Gasteiger partial charge on any atom is 0.160 e. The van der Waals surface area contributed by atoms with Gasteiger partial charge in [0.25, 0.3) is 0 Å². The van der Waals surface area contributed by atoms with Crippen molar-refractivity contribution in [1.29, 1.82) is 0 Å². The summed E-state index contributed by atoms with van der Waals surface area (Å²) in [6.45, 7) is 0. The van der Waals surface area contributed by atoms with Crippen molar-refractivity contribution in [3.05, 3.63) is 24.3 Å². The van der Waals surface area contributed by atoms with E-state index < -0.39 is 9.84 Å². The Morgan fingerprint density at radius 1 is 1.12 bits per heavy atom. The fourth-order valence-corrected chi connectivity index (χ4v) is 3.92. The Balaban J connectivity index is 2.08. The maximum atomic E-state index is 12.1. The van der Waals surface area contributed by atoms with Crippen LogP contribution in [0.5, 0.6) is 0 Å². The van der Waals surface area contributed by atoms with Gasteiger partial charge in [0, 0.05) is 12.4 Å². The molecule has 0 spiro atoms. The van der Waals surface area contributed by atoms with Crippen LogP contribution in [0.3, 0.4) is 0 Å². The molecule has 2 rings (SSSR count). The summed E-state index contributed by atoms with van der Waals surface area (Å²) in [5.74, 6) is 0.395. The topological polar surface area (TPSA) is 59.9 Å². The molecule has 1 aromatic rings. The van der Waals surface area contributed by atoms with Gasteiger partial charge >= 0.3 is 0 Å². The minimum absolute atomic E-state index is 0.0154. The molecule has 1 aromatic heterocycles. The third-order valence-electron chi connectivity index (χ3n) is 3.01. The van der Waals surface area contributed by atoms with E-state index >= 15 is 0 Å². The molecule has 4 nitrogen and oxygen atoms in total. The van der Waals surface area contributed by atoms with E-state index in [2.05, 4.69) is 9.97 Å². The number of hydrogen-bond donors (Lipinski definition) is 0. The zero-order valence-corrected chi connectivity index (χ0v) is 9.99. The SMILES string of the molecule is O=S(=O)(Cc1ncccn1)C1CCCCC1. The standard InChI is InChI=1S/C11H16N2O2S/c14-16(15,10-5-2-1-3-6-10)9-11-12-7-4-8-13-11/h4,7-8,10H,1-3,5-6,9H2. The number of sulfone groups is 1. The maximum absolute atomic E-state index is 12.1. The quantitative estimate of drug-likeness (QED) is 0.807. The lowest BCUT2D eigenvalue weighted by molar-refractivity contribution is 0.483. The van der Waals surface area contributed by atoms with Crippen molar-refractivity contribution in [1.82, 2.24) is 9.97 Å². The van der Waals surface area contributed by atoms with E-state index in [1.54, 1.807) is 18.5 Å². The Bertz CT molecular complexity index is 425. The molecule has 0 N–H and O–H groups in total. The fourth-order valence-electron chi connectivity index (χ4n) is 2.13. The highest BCUT2D eigenvalue weighted by atomic mass is 32.2. The molecular formula is C11H16N2O2S. The fraction of sp³-hybridized carbons (Fsp3) is 0.636. The van der Waals surface area contributed by atoms with Crippen LogP contribution in [-0.4, -0.2) is 23.6 Å². The van der Waals surface area contributed by atoms with Crippen molar-refractivity contribution in [3.63, 3.8) is 0 Å². The molecule has 1 fully saturated rings. The first-order chi connectivity index (χ1) is 7.68. The van der Waals surface area contributed by atoms with E-state index in [9.17, 15) is 8.42 Å². The summed E-state index contributed by atoms with van der Waals surface area (Å²) < 4.78 is 24.2. The first-order valence-corrected chi connectivity index (χ1v) is 7.37. The molecule has 88 valence electrons. The molecule has 1 heterocycles. The van der Waals surface area contributed by atoms with Crippen molar-refractivity contribution in [3.8, 4) is 0 Å². The number of hydrogen-bond acceptors (Lipinski definition) is 4. The Kier molecular flexibility index (Phi) is 3.53. The highest BCUT2D eigenvalue weighted by Gasteiger charge is 2.27. The van der Waals surface area contributed by atoms with Gasteiger partial charge in [-0.1, -0.05) is 19.3 Å². The average Bonchev–Trinajstić information content (AvgIpc) is 2.31. The van der Waals surface area contributed by atoms with E-state index in [0.29, 0.717) is 5.82 Å². The second-order valence-electron chi connectivity index (χ2n) is 4.23. The van der Waals surface area contributed by atoms with Crippen molar-refractivity contribution in [2.24, 2.45) is 0 Å². The van der Waals surface area contributed by atoms with Gasteiger partial charge in [-0.2, -0.15) is 0 Å². The van der Waals surface area contributed by atoms with Gasteiger partial charge in [-0.15, -0.1) is 0 Å². The second kappa shape index (κ2) is 4.91. The van der Waals surface area contributed by atoms with Crippen molar-refractivity contribution < 1.29 is 8.42 Å². The minimum Gasteiger partial charge on any atom is -0.240 e. The Hall–Kier alpha value is -0.970. The third kappa shape index (κ3) is 2.78. The number of aromatic nitrogens is 2. The zero-order chi connectivity index (χ0) is 11.4. The predicted octanol–water partition coefficient (Wildman–Crippen LogP) is 1.72. The lowest BCUT2D eigenvalue weighted by Gasteiger charge is -2.21.